The van der Waals surface area contributed by atoms with Crippen molar-refractivity contribution in [3.63, 3.8) is 0 Å². The molecule has 0 spiro atoms. The van der Waals surface area contributed by atoms with Crippen molar-refractivity contribution in [2.45, 2.75) is 6.92 Å². The molecule has 0 bridgehead atoms. The normalized spacial score (nSPS) is 10.7. The molecular weight excluding hydrogens is 306 g/mol. The molecule has 0 aliphatic rings. The lowest BCUT2D eigenvalue weighted by Crippen LogP contribution is -2.19. The summed E-state index contributed by atoms with van der Waals surface area (Å²) in [5, 5.41) is 0. The summed E-state index contributed by atoms with van der Waals surface area (Å²) in [7, 11) is 5.62. The van der Waals surface area contributed by atoms with E-state index in [1.54, 1.807) is 13.2 Å². The molecule has 0 saturated heterocycles. The Bertz CT molecular complexity index is 675. The van der Waals surface area contributed by atoms with Gasteiger partial charge in [0.05, 0.1) is 19.4 Å². The van der Waals surface area contributed by atoms with Gasteiger partial charge in [-0.3, -0.25) is 0 Å². The van der Waals surface area contributed by atoms with Gasteiger partial charge >= 0.3 is 0 Å². The predicted molar refractivity (Wildman–Crippen MR) is 95.9 cm³/mol. The third-order valence-electron chi connectivity index (χ3n) is 3.41. The number of likely N-dealkylation sites (N-methyl/N-ethyl adjacent to an activating group) is 1. The molecule has 1 aromatic heterocycles. The molecule has 0 atom stereocenters. The number of hydrogen-bond donors (Lipinski definition) is 1. The molecule has 0 unspecified atom stereocenters. The molecule has 6 nitrogen and oxygen atoms in total. The summed E-state index contributed by atoms with van der Waals surface area (Å²) in [4.78, 5) is 6.42. The number of nitrogens with two attached hydrogens (primary N) is 1. The third-order valence-corrected chi connectivity index (χ3v) is 3.41. The van der Waals surface area contributed by atoms with Gasteiger partial charge in [0.1, 0.15) is 18.2 Å². The molecule has 0 fully saturated rings. The molecule has 0 radical (unpaired) electrons. The average molecular weight is 331 g/mol. The second-order valence-electron chi connectivity index (χ2n) is 5.53. The Balaban J connectivity index is 2.39. The Morgan fingerprint density at radius 1 is 1.08 bits per heavy atom. The van der Waals surface area contributed by atoms with E-state index in [9.17, 15) is 0 Å². The van der Waals surface area contributed by atoms with E-state index in [1.165, 1.54) is 0 Å². The molecule has 2 aromatic rings. The second-order valence-corrected chi connectivity index (χ2v) is 5.53. The van der Waals surface area contributed by atoms with E-state index in [1.807, 2.05) is 45.3 Å². The zero-order valence-corrected chi connectivity index (χ0v) is 14.7. The van der Waals surface area contributed by atoms with Gasteiger partial charge in [-0.2, -0.15) is 0 Å². The van der Waals surface area contributed by atoms with E-state index in [-0.39, 0.29) is 0 Å². The second kappa shape index (κ2) is 8.40. The Kier molecular flexibility index (Phi) is 6.26. The molecule has 2 rings (SSSR count). The van der Waals surface area contributed by atoms with Crippen molar-refractivity contribution < 1.29 is 14.2 Å². The Morgan fingerprint density at radius 2 is 1.83 bits per heavy atom. The number of hydrogen-bond acceptors (Lipinski definition) is 6. The van der Waals surface area contributed by atoms with Gasteiger partial charge in [-0.15, -0.1) is 0 Å². The quantitative estimate of drug-likeness (QED) is 0.802. The van der Waals surface area contributed by atoms with Gasteiger partial charge in [0.2, 0.25) is 0 Å². The topological polar surface area (TPSA) is 69.8 Å². The minimum Gasteiger partial charge on any atom is -0.496 e. The van der Waals surface area contributed by atoms with E-state index < -0.39 is 0 Å². The predicted octanol–water partition coefficient (Wildman–Crippen LogP) is 2.68. The molecule has 0 aliphatic heterocycles. The van der Waals surface area contributed by atoms with Crippen LogP contribution in [0.1, 0.15) is 6.92 Å². The van der Waals surface area contributed by atoms with Crippen LogP contribution in [-0.4, -0.2) is 50.8 Å². The highest BCUT2D eigenvalue weighted by Crippen LogP contribution is 2.39. The van der Waals surface area contributed by atoms with E-state index in [0.29, 0.717) is 36.3 Å². The summed E-state index contributed by atoms with van der Waals surface area (Å²) < 4.78 is 17.1. The van der Waals surface area contributed by atoms with Gasteiger partial charge in [0.15, 0.2) is 11.5 Å². The number of methoxy groups -OCH3 is 1. The molecule has 0 aliphatic carbocycles. The first-order valence-electron chi connectivity index (χ1n) is 7.90. The average Bonchev–Trinajstić information content (AvgIpc) is 2.55. The lowest BCUT2D eigenvalue weighted by molar-refractivity contribution is 0.243. The van der Waals surface area contributed by atoms with Crippen LogP contribution in [0.4, 0.5) is 5.82 Å². The maximum atomic E-state index is 5.87. The van der Waals surface area contributed by atoms with Crippen molar-refractivity contribution in [2.24, 2.45) is 0 Å². The van der Waals surface area contributed by atoms with Gasteiger partial charge in [0, 0.05) is 18.2 Å². The molecule has 1 aromatic carbocycles. The summed E-state index contributed by atoms with van der Waals surface area (Å²) in [6.45, 7) is 3.85. The highest BCUT2D eigenvalue weighted by atomic mass is 16.5. The van der Waals surface area contributed by atoms with Gasteiger partial charge in [-0.1, -0.05) is 6.07 Å². The minimum absolute atomic E-state index is 0.457. The van der Waals surface area contributed by atoms with Crippen LogP contribution >= 0.6 is 0 Å². The first kappa shape index (κ1) is 17.9. The number of nitrogen functional groups attached to an aromatic ring is 1. The largest absolute Gasteiger partial charge is 0.496 e. The zero-order chi connectivity index (χ0) is 17.5. The number of rotatable bonds is 8. The van der Waals surface area contributed by atoms with Gasteiger partial charge in [-0.05, 0) is 39.2 Å². The van der Waals surface area contributed by atoms with Crippen LogP contribution in [0.5, 0.6) is 17.2 Å². The maximum Gasteiger partial charge on any atom is 0.164 e. The first-order valence-corrected chi connectivity index (χ1v) is 7.90. The summed E-state index contributed by atoms with van der Waals surface area (Å²) in [5.74, 6) is 2.44. The zero-order valence-electron chi connectivity index (χ0n) is 14.7. The molecule has 1 heterocycles. The number of nitrogens with zero attached hydrogens (tertiary/aromatic N) is 2. The van der Waals surface area contributed by atoms with Crippen molar-refractivity contribution in [1.82, 2.24) is 9.88 Å². The number of anilines is 1. The van der Waals surface area contributed by atoms with Crippen molar-refractivity contribution in [2.75, 3.05) is 46.7 Å². The van der Waals surface area contributed by atoms with Crippen molar-refractivity contribution in [3.8, 4) is 28.5 Å². The summed E-state index contributed by atoms with van der Waals surface area (Å²) in [6.07, 6.45) is 0. The monoisotopic (exact) mass is 331 g/mol. The Morgan fingerprint density at radius 3 is 2.46 bits per heavy atom. The first-order chi connectivity index (χ1) is 11.5. The van der Waals surface area contributed by atoms with Crippen LogP contribution in [0, 0.1) is 0 Å². The van der Waals surface area contributed by atoms with Crippen LogP contribution in [0.3, 0.4) is 0 Å². The number of benzene rings is 1. The van der Waals surface area contributed by atoms with Gasteiger partial charge in [-0.25, -0.2) is 4.98 Å². The van der Waals surface area contributed by atoms with Gasteiger partial charge < -0.3 is 24.8 Å². The Hall–Kier alpha value is -2.47. The Labute approximate surface area is 143 Å². The van der Waals surface area contributed by atoms with Crippen molar-refractivity contribution in [3.05, 3.63) is 30.3 Å². The van der Waals surface area contributed by atoms with Crippen LogP contribution in [0.25, 0.3) is 11.3 Å². The lowest BCUT2D eigenvalue weighted by atomic mass is 10.1. The van der Waals surface area contributed by atoms with Gasteiger partial charge in [0.25, 0.3) is 0 Å². The molecular formula is C18H25N3O3. The SMILES string of the molecule is CCOc1cc(-c2cccc(N)n2)c(OC)cc1OCCN(C)C. The number of pyridine rings is 1. The molecule has 0 amide bonds. The number of aromatic nitrogens is 1. The van der Waals surface area contributed by atoms with E-state index in [4.69, 9.17) is 19.9 Å². The molecule has 6 heteroatoms. The van der Waals surface area contributed by atoms with E-state index in [2.05, 4.69) is 9.88 Å². The standard InChI is InChI=1S/C18H25N3O3/c1-5-23-16-11-13(14-7-6-8-18(19)20-14)15(22-4)12-17(16)24-10-9-21(2)3/h6-8,11-12H,5,9-10H2,1-4H3,(H2,19,20). The van der Waals surface area contributed by atoms with Crippen LogP contribution in [0.2, 0.25) is 0 Å². The maximum absolute atomic E-state index is 5.87. The highest BCUT2D eigenvalue weighted by Gasteiger charge is 2.15. The molecule has 0 saturated carbocycles. The van der Waals surface area contributed by atoms with E-state index in [0.717, 1.165) is 17.8 Å². The van der Waals surface area contributed by atoms with Crippen molar-refractivity contribution in [1.29, 1.82) is 0 Å². The smallest absolute Gasteiger partial charge is 0.164 e. The summed E-state index contributed by atoms with van der Waals surface area (Å²) in [6, 6.07) is 9.21. The minimum atomic E-state index is 0.457. The summed E-state index contributed by atoms with van der Waals surface area (Å²) >= 11 is 0. The van der Waals surface area contributed by atoms with Crippen LogP contribution in [-0.2, 0) is 0 Å². The van der Waals surface area contributed by atoms with Crippen LogP contribution < -0.4 is 19.9 Å². The fraction of sp³-hybridized carbons (Fsp3) is 0.389. The lowest BCUT2D eigenvalue weighted by Gasteiger charge is -2.17. The fourth-order valence-electron chi connectivity index (χ4n) is 2.23. The number of ether oxygens (including phenoxy) is 3. The van der Waals surface area contributed by atoms with Crippen LogP contribution in [0.15, 0.2) is 30.3 Å². The molecule has 2 N–H and O–H groups in total. The third kappa shape index (κ3) is 4.52. The summed E-state index contributed by atoms with van der Waals surface area (Å²) in [5.41, 5.74) is 7.34. The molecule has 24 heavy (non-hydrogen) atoms. The fourth-order valence-corrected chi connectivity index (χ4v) is 2.23. The van der Waals surface area contributed by atoms with E-state index >= 15 is 0 Å². The highest BCUT2D eigenvalue weighted by molar-refractivity contribution is 5.72. The molecule has 130 valence electrons. The van der Waals surface area contributed by atoms with Crippen molar-refractivity contribution >= 4 is 5.82 Å².